The van der Waals surface area contributed by atoms with Gasteiger partial charge < -0.3 is 14.8 Å². The third kappa shape index (κ3) is 5.20. The van der Waals surface area contributed by atoms with E-state index in [-0.39, 0.29) is 11.8 Å². The van der Waals surface area contributed by atoms with E-state index in [0.717, 1.165) is 22.2 Å². The van der Waals surface area contributed by atoms with Gasteiger partial charge in [-0.15, -0.1) is 0 Å². The summed E-state index contributed by atoms with van der Waals surface area (Å²) < 4.78 is 10.8. The minimum Gasteiger partial charge on any atom is -0.444 e. The summed E-state index contributed by atoms with van der Waals surface area (Å²) in [5, 5.41) is 2.32. The van der Waals surface area contributed by atoms with Crippen molar-refractivity contribution in [3.8, 4) is 0 Å². The Balaban J connectivity index is 1.88. The number of quaternary nitrogens is 1. The molecule has 1 aliphatic rings. The first-order valence-corrected chi connectivity index (χ1v) is 11.2. The summed E-state index contributed by atoms with van der Waals surface area (Å²) in [6.45, 7) is 7.18. The van der Waals surface area contributed by atoms with Crippen LogP contribution in [0.2, 0.25) is 0 Å². The summed E-state index contributed by atoms with van der Waals surface area (Å²) in [5.41, 5.74) is 0.774. The number of para-hydroxylation sites is 1. The molecule has 0 fully saturated rings. The molecule has 3 amide bonds. The van der Waals surface area contributed by atoms with Gasteiger partial charge >= 0.3 is 17.2 Å². The van der Waals surface area contributed by atoms with Gasteiger partial charge in [-0.25, -0.2) is 14.4 Å². The van der Waals surface area contributed by atoms with Crippen LogP contribution in [0.3, 0.4) is 0 Å². The molecule has 1 heterocycles. The molecule has 1 aliphatic heterocycles. The number of hydrogen-bond donors (Lipinski definition) is 1. The molecular weight excluding hydrogens is 428 g/mol. The maximum atomic E-state index is 13.8. The van der Waals surface area contributed by atoms with Gasteiger partial charge in [-0.05, 0) is 39.3 Å². The number of rotatable bonds is 6. The van der Waals surface area contributed by atoms with E-state index in [1.54, 1.807) is 52.9 Å². The Morgan fingerprint density at radius 2 is 1.69 bits per heavy atom. The second kappa shape index (κ2) is 9.44. The van der Waals surface area contributed by atoms with Crippen LogP contribution in [0, 0.1) is 0 Å². The van der Waals surface area contributed by atoms with Crippen molar-refractivity contribution in [2.75, 3.05) is 7.05 Å². The van der Waals surface area contributed by atoms with Crippen LogP contribution in [-0.2, 0) is 20.9 Å². The topological polar surface area (TPSA) is 81.7 Å². The number of likely N-dealkylation sites (N-methyl/N-ethyl adjacent to an activating group) is 1. The summed E-state index contributed by atoms with van der Waals surface area (Å²) in [6, 6.07) is 15.6. The first-order chi connectivity index (χ1) is 15.0. The summed E-state index contributed by atoms with van der Waals surface area (Å²) >= 11 is 1.02. The number of nitrogens with zero attached hydrogens (tertiary/aromatic N) is 1. The molecule has 0 bridgehead atoms. The Labute approximate surface area is 192 Å². The molecule has 0 radical (unpaired) electrons. The molecule has 0 saturated carbocycles. The van der Waals surface area contributed by atoms with E-state index in [4.69, 9.17) is 9.47 Å². The van der Waals surface area contributed by atoms with E-state index in [1.165, 1.54) is 0 Å². The Morgan fingerprint density at radius 1 is 1.06 bits per heavy atom. The number of imide groups is 1. The third-order valence-corrected chi connectivity index (χ3v) is 6.22. The number of thioether (sulfide) groups is 1. The van der Waals surface area contributed by atoms with Crippen LogP contribution >= 0.6 is 11.8 Å². The minimum absolute atomic E-state index is 0.255. The largest absolute Gasteiger partial charge is 0.444 e. The molecule has 8 heteroatoms. The Kier molecular flexibility index (Phi) is 7.07. The van der Waals surface area contributed by atoms with Crippen LogP contribution in [0.5, 0.6) is 0 Å². The minimum atomic E-state index is -1.10. The van der Waals surface area contributed by atoms with Gasteiger partial charge in [-0.3, -0.25) is 0 Å². The van der Waals surface area contributed by atoms with Crippen molar-refractivity contribution in [2.24, 2.45) is 0 Å². The van der Waals surface area contributed by atoms with Crippen molar-refractivity contribution in [3.63, 3.8) is 0 Å². The monoisotopic (exact) mass is 457 g/mol. The van der Waals surface area contributed by atoms with E-state index in [0.29, 0.717) is 5.69 Å². The van der Waals surface area contributed by atoms with Gasteiger partial charge in [0.1, 0.15) is 5.60 Å². The molecule has 0 aliphatic carbocycles. The Bertz CT molecular complexity index is 1000. The molecule has 2 aromatic carbocycles. The second-order valence-electron chi connectivity index (χ2n) is 8.81. The predicted molar refractivity (Wildman–Crippen MR) is 124 cm³/mol. The average Bonchev–Trinajstić information content (AvgIpc) is 3.00. The molecule has 1 N–H and O–H groups in total. The summed E-state index contributed by atoms with van der Waals surface area (Å²) in [6.07, 6.45) is -1.46. The lowest BCUT2D eigenvalue weighted by Gasteiger charge is -2.31. The highest BCUT2D eigenvalue weighted by atomic mass is 32.2. The van der Waals surface area contributed by atoms with Gasteiger partial charge in [0.2, 0.25) is 0 Å². The van der Waals surface area contributed by atoms with Crippen LogP contribution in [0.1, 0.15) is 33.3 Å². The highest BCUT2D eigenvalue weighted by Crippen LogP contribution is 2.45. The molecule has 170 valence electrons. The third-order valence-electron chi connectivity index (χ3n) is 5.11. The standard InChI is InChI=1S/C24H28N2O5S/c1-16(30-15-17-11-7-6-8-12-17)20(25-22(28)31-24(2,3)4)21(27)26(5)18-13-9-10-14-19(18)32-23(26)29/h6-14,16,20H,15H2,1-5H3/p+1/t16-,20+,26?/m1/s1. The zero-order valence-corrected chi connectivity index (χ0v) is 19.8. The molecule has 1 unspecified atom stereocenters. The van der Waals surface area contributed by atoms with Gasteiger partial charge in [-0.1, -0.05) is 42.5 Å². The van der Waals surface area contributed by atoms with Crippen LogP contribution in [0.4, 0.5) is 15.3 Å². The Hall–Kier alpha value is -2.68. The lowest BCUT2D eigenvalue weighted by Crippen LogP contribution is -2.63. The SMILES string of the molecule is C[C@@H](OCc1ccccc1)[C@H](NC(=O)OC(C)(C)C)C(=O)[N+]1(C)C(=O)Sc2ccccc21. The zero-order chi connectivity index (χ0) is 23.5. The van der Waals surface area contributed by atoms with Crippen molar-refractivity contribution in [1.29, 1.82) is 0 Å². The predicted octanol–water partition coefficient (Wildman–Crippen LogP) is 4.87. The molecule has 3 rings (SSSR count). The van der Waals surface area contributed by atoms with Crippen LogP contribution < -0.4 is 9.80 Å². The van der Waals surface area contributed by atoms with Gasteiger partial charge in [0.25, 0.3) is 0 Å². The first kappa shape index (κ1) is 24.0. The van der Waals surface area contributed by atoms with Crippen LogP contribution in [-0.4, -0.2) is 42.0 Å². The number of fused-ring (bicyclic) bond motifs is 1. The molecule has 32 heavy (non-hydrogen) atoms. The van der Waals surface area contributed by atoms with Crippen LogP contribution in [0.15, 0.2) is 59.5 Å². The van der Waals surface area contributed by atoms with Gasteiger partial charge in [0.15, 0.2) is 11.7 Å². The smallest absolute Gasteiger partial charge is 0.408 e. The normalized spacial score (nSPS) is 19.7. The fraction of sp³-hybridized carbons (Fsp3) is 0.375. The average molecular weight is 458 g/mol. The van der Waals surface area contributed by atoms with Crippen LogP contribution in [0.25, 0.3) is 0 Å². The lowest BCUT2D eigenvalue weighted by molar-refractivity contribution is -0.132. The first-order valence-electron chi connectivity index (χ1n) is 10.4. The molecular formula is C24H29N2O5S+. The van der Waals surface area contributed by atoms with Gasteiger partial charge in [0.05, 0.1) is 24.7 Å². The fourth-order valence-electron chi connectivity index (χ4n) is 3.40. The number of ether oxygens (including phenoxy) is 2. The highest BCUT2D eigenvalue weighted by molar-refractivity contribution is 8.14. The van der Waals surface area contributed by atoms with E-state index < -0.39 is 34.2 Å². The number of nitrogens with one attached hydrogen (secondary N) is 1. The maximum Gasteiger partial charge on any atom is 0.408 e. The molecule has 0 saturated heterocycles. The lowest BCUT2D eigenvalue weighted by atomic mass is 10.1. The highest BCUT2D eigenvalue weighted by Gasteiger charge is 2.54. The second-order valence-corrected chi connectivity index (χ2v) is 9.80. The molecule has 0 spiro atoms. The van der Waals surface area contributed by atoms with Gasteiger partial charge in [-0.2, -0.15) is 4.48 Å². The van der Waals surface area contributed by atoms with Crippen molar-refractivity contribution in [3.05, 3.63) is 60.2 Å². The zero-order valence-electron chi connectivity index (χ0n) is 19.0. The molecule has 7 nitrogen and oxygen atoms in total. The van der Waals surface area contributed by atoms with E-state index in [1.807, 2.05) is 36.4 Å². The maximum absolute atomic E-state index is 13.8. The number of hydrogen-bond acceptors (Lipinski definition) is 6. The number of carbonyl (C=O) groups is 3. The van der Waals surface area contributed by atoms with Crippen molar-refractivity contribution in [2.45, 2.75) is 56.9 Å². The van der Waals surface area contributed by atoms with Crippen molar-refractivity contribution in [1.82, 2.24) is 9.80 Å². The molecule has 3 atom stereocenters. The van der Waals surface area contributed by atoms with E-state index in [9.17, 15) is 14.4 Å². The summed E-state index contributed by atoms with van der Waals surface area (Å²) in [4.78, 5) is 40.0. The number of benzene rings is 2. The van der Waals surface area contributed by atoms with E-state index >= 15 is 0 Å². The Morgan fingerprint density at radius 3 is 2.34 bits per heavy atom. The van der Waals surface area contributed by atoms with Gasteiger partial charge in [0, 0.05) is 17.8 Å². The quantitative estimate of drug-likeness (QED) is 0.623. The number of amides is 3. The van der Waals surface area contributed by atoms with E-state index in [2.05, 4.69) is 5.32 Å². The van der Waals surface area contributed by atoms with Crippen molar-refractivity contribution < 1.29 is 23.9 Å². The number of alkyl carbamates (subject to hydrolysis) is 1. The fourth-order valence-corrected chi connectivity index (χ4v) is 4.46. The molecule has 0 aromatic heterocycles. The summed E-state index contributed by atoms with van der Waals surface area (Å²) in [5.74, 6) is -0.487. The molecule has 2 aromatic rings. The number of carbonyl (C=O) groups excluding carboxylic acids is 3. The van der Waals surface area contributed by atoms with Crippen molar-refractivity contribution >= 4 is 34.7 Å². The summed E-state index contributed by atoms with van der Waals surface area (Å²) in [7, 11) is 1.55.